The lowest BCUT2D eigenvalue weighted by molar-refractivity contribution is -0.156. The van der Waals surface area contributed by atoms with Crippen LogP contribution in [0.5, 0.6) is 5.75 Å². The number of likely N-dealkylation sites (tertiary alicyclic amines) is 1. The van der Waals surface area contributed by atoms with E-state index in [9.17, 15) is 4.79 Å². The summed E-state index contributed by atoms with van der Waals surface area (Å²) in [6, 6.07) is 7.77. The molecule has 0 bridgehead atoms. The zero-order valence-corrected chi connectivity index (χ0v) is 13.9. The fourth-order valence-corrected chi connectivity index (χ4v) is 3.29. The molecule has 23 heavy (non-hydrogen) atoms. The lowest BCUT2D eigenvalue weighted by atomic mass is 10.0. The molecule has 2 aliphatic heterocycles. The third-order valence-electron chi connectivity index (χ3n) is 4.44. The summed E-state index contributed by atoms with van der Waals surface area (Å²) in [5.41, 5.74) is 1.12. The topological polar surface area (TPSA) is 48.0 Å². The van der Waals surface area contributed by atoms with Gasteiger partial charge < -0.3 is 19.1 Å². The molecule has 0 radical (unpaired) electrons. The van der Waals surface area contributed by atoms with E-state index < -0.39 is 6.10 Å². The number of ether oxygens (including phenoxy) is 3. The SMILES string of the molecule is Cc1cccc(OC(C)C(=O)N2CCCCC2C2OCCO2)c1. The maximum absolute atomic E-state index is 12.8. The molecular formula is C18H25NO4. The van der Waals surface area contributed by atoms with Crippen LogP contribution >= 0.6 is 0 Å². The summed E-state index contributed by atoms with van der Waals surface area (Å²) in [5, 5.41) is 0. The van der Waals surface area contributed by atoms with Crippen LogP contribution in [0.15, 0.2) is 24.3 Å². The predicted molar refractivity (Wildman–Crippen MR) is 86.3 cm³/mol. The Bertz CT molecular complexity index is 542. The van der Waals surface area contributed by atoms with Gasteiger partial charge >= 0.3 is 0 Å². The lowest BCUT2D eigenvalue weighted by Gasteiger charge is -2.39. The van der Waals surface area contributed by atoms with Crippen LogP contribution < -0.4 is 4.74 Å². The zero-order chi connectivity index (χ0) is 16.2. The van der Waals surface area contributed by atoms with E-state index in [4.69, 9.17) is 14.2 Å². The van der Waals surface area contributed by atoms with E-state index in [0.717, 1.165) is 37.1 Å². The smallest absolute Gasteiger partial charge is 0.263 e. The van der Waals surface area contributed by atoms with Gasteiger partial charge in [-0.05, 0) is 50.8 Å². The second kappa shape index (κ2) is 7.32. The van der Waals surface area contributed by atoms with Gasteiger partial charge in [0.2, 0.25) is 0 Å². The molecule has 2 saturated heterocycles. The van der Waals surface area contributed by atoms with E-state index in [2.05, 4.69) is 0 Å². The van der Waals surface area contributed by atoms with Crippen molar-refractivity contribution in [1.82, 2.24) is 4.90 Å². The van der Waals surface area contributed by atoms with Crippen LogP contribution in [0.2, 0.25) is 0 Å². The predicted octanol–water partition coefficient (Wildman–Crippen LogP) is 2.52. The van der Waals surface area contributed by atoms with Gasteiger partial charge in [-0.2, -0.15) is 0 Å². The molecular weight excluding hydrogens is 294 g/mol. The van der Waals surface area contributed by atoms with Crippen LogP contribution in [0.1, 0.15) is 31.7 Å². The lowest BCUT2D eigenvalue weighted by Crippen LogP contribution is -2.53. The summed E-state index contributed by atoms with van der Waals surface area (Å²) < 4.78 is 17.1. The maximum atomic E-state index is 12.8. The molecule has 0 aromatic heterocycles. The van der Waals surface area contributed by atoms with E-state index in [-0.39, 0.29) is 18.2 Å². The summed E-state index contributed by atoms with van der Waals surface area (Å²) >= 11 is 0. The Morgan fingerprint density at radius 3 is 2.83 bits per heavy atom. The van der Waals surface area contributed by atoms with Gasteiger partial charge in [-0.15, -0.1) is 0 Å². The summed E-state index contributed by atoms with van der Waals surface area (Å²) in [6.45, 7) is 5.78. The summed E-state index contributed by atoms with van der Waals surface area (Å²) in [5.74, 6) is 0.739. The summed E-state index contributed by atoms with van der Waals surface area (Å²) in [6.07, 6.45) is 2.24. The molecule has 0 N–H and O–H groups in total. The molecule has 2 heterocycles. The van der Waals surface area contributed by atoms with Gasteiger partial charge in [-0.3, -0.25) is 4.79 Å². The number of benzene rings is 1. The summed E-state index contributed by atoms with van der Waals surface area (Å²) in [4.78, 5) is 14.7. The number of carbonyl (C=O) groups is 1. The van der Waals surface area contributed by atoms with Gasteiger partial charge in [-0.25, -0.2) is 0 Å². The fourth-order valence-electron chi connectivity index (χ4n) is 3.29. The number of carbonyl (C=O) groups excluding carboxylic acids is 1. The van der Waals surface area contributed by atoms with Crippen molar-refractivity contribution >= 4 is 5.91 Å². The number of aryl methyl sites for hydroxylation is 1. The van der Waals surface area contributed by atoms with Gasteiger partial charge in [0.25, 0.3) is 5.91 Å². The van der Waals surface area contributed by atoms with E-state index in [1.54, 1.807) is 0 Å². The van der Waals surface area contributed by atoms with E-state index in [1.165, 1.54) is 0 Å². The molecule has 5 nitrogen and oxygen atoms in total. The van der Waals surface area contributed by atoms with Crippen LogP contribution in [0.4, 0.5) is 0 Å². The molecule has 2 unspecified atom stereocenters. The number of nitrogens with zero attached hydrogens (tertiary/aromatic N) is 1. The largest absolute Gasteiger partial charge is 0.481 e. The Hall–Kier alpha value is -1.59. The minimum Gasteiger partial charge on any atom is -0.481 e. The normalized spacial score (nSPS) is 23.7. The maximum Gasteiger partial charge on any atom is 0.263 e. The second-order valence-corrected chi connectivity index (χ2v) is 6.28. The molecule has 0 aliphatic carbocycles. The molecule has 2 fully saturated rings. The fraction of sp³-hybridized carbons (Fsp3) is 0.611. The monoisotopic (exact) mass is 319 g/mol. The number of hydrogen-bond donors (Lipinski definition) is 0. The molecule has 2 atom stereocenters. The van der Waals surface area contributed by atoms with Crippen molar-refractivity contribution in [1.29, 1.82) is 0 Å². The quantitative estimate of drug-likeness (QED) is 0.855. The average Bonchev–Trinajstić information content (AvgIpc) is 3.08. The third-order valence-corrected chi connectivity index (χ3v) is 4.44. The third kappa shape index (κ3) is 3.85. The van der Waals surface area contributed by atoms with Crippen molar-refractivity contribution in [3.05, 3.63) is 29.8 Å². The Kier molecular flexibility index (Phi) is 5.18. The van der Waals surface area contributed by atoms with Crippen LogP contribution in [0.25, 0.3) is 0 Å². The van der Waals surface area contributed by atoms with Crippen LogP contribution in [0, 0.1) is 6.92 Å². The highest BCUT2D eigenvalue weighted by atomic mass is 16.7. The first-order valence-corrected chi connectivity index (χ1v) is 8.42. The van der Waals surface area contributed by atoms with Crippen molar-refractivity contribution in [2.24, 2.45) is 0 Å². The molecule has 1 amide bonds. The molecule has 0 spiro atoms. The van der Waals surface area contributed by atoms with E-state index >= 15 is 0 Å². The van der Waals surface area contributed by atoms with Crippen LogP contribution in [-0.2, 0) is 14.3 Å². The van der Waals surface area contributed by atoms with Crippen molar-refractivity contribution in [2.45, 2.75) is 51.5 Å². The minimum absolute atomic E-state index is 0.00214. The molecule has 1 aromatic rings. The Balaban J connectivity index is 1.66. The van der Waals surface area contributed by atoms with E-state index in [1.807, 2.05) is 43.0 Å². The van der Waals surface area contributed by atoms with E-state index in [0.29, 0.717) is 13.2 Å². The average molecular weight is 319 g/mol. The number of piperidine rings is 1. The zero-order valence-electron chi connectivity index (χ0n) is 13.9. The number of hydrogen-bond acceptors (Lipinski definition) is 4. The minimum atomic E-state index is -0.515. The Morgan fingerprint density at radius 1 is 1.30 bits per heavy atom. The number of amides is 1. The second-order valence-electron chi connectivity index (χ2n) is 6.28. The van der Waals surface area contributed by atoms with Crippen molar-refractivity contribution in [2.75, 3.05) is 19.8 Å². The first-order valence-electron chi connectivity index (χ1n) is 8.42. The van der Waals surface area contributed by atoms with Crippen LogP contribution in [0.3, 0.4) is 0 Å². The van der Waals surface area contributed by atoms with Gasteiger partial charge in [-0.1, -0.05) is 12.1 Å². The van der Waals surface area contributed by atoms with Crippen molar-refractivity contribution in [3.8, 4) is 5.75 Å². The molecule has 3 rings (SSSR count). The molecule has 5 heteroatoms. The molecule has 0 saturated carbocycles. The Labute approximate surface area is 137 Å². The Morgan fingerprint density at radius 2 is 2.09 bits per heavy atom. The number of rotatable bonds is 4. The molecule has 1 aromatic carbocycles. The standard InChI is InChI=1S/C18H25NO4/c1-13-6-5-7-15(12-13)23-14(2)17(20)19-9-4-3-8-16(19)18-21-10-11-22-18/h5-7,12,14,16,18H,3-4,8-11H2,1-2H3. The van der Waals surface area contributed by atoms with Gasteiger partial charge in [0, 0.05) is 6.54 Å². The highest BCUT2D eigenvalue weighted by Gasteiger charge is 2.38. The van der Waals surface area contributed by atoms with Crippen LogP contribution in [-0.4, -0.2) is 49.0 Å². The summed E-state index contributed by atoms with van der Waals surface area (Å²) in [7, 11) is 0. The highest BCUT2D eigenvalue weighted by Crippen LogP contribution is 2.26. The van der Waals surface area contributed by atoms with Crippen molar-refractivity contribution < 1.29 is 19.0 Å². The van der Waals surface area contributed by atoms with Gasteiger partial charge in [0.15, 0.2) is 12.4 Å². The molecule has 2 aliphatic rings. The van der Waals surface area contributed by atoms with Crippen molar-refractivity contribution in [3.63, 3.8) is 0 Å². The molecule has 126 valence electrons. The first-order chi connectivity index (χ1) is 11.1. The highest BCUT2D eigenvalue weighted by molar-refractivity contribution is 5.81. The van der Waals surface area contributed by atoms with Gasteiger partial charge in [0.1, 0.15) is 5.75 Å². The van der Waals surface area contributed by atoms with Gasteiger partial charge in [0.05, 0.1) is 19.3 Å². The first kappa shape index (κ1) is 16.3.